The predicted molar refractivity (Wildman–Crippen MR) is 86.9 cm³/mol. The lowest BCUT2D eigenvalue weighted by atomic mass is 10.1. The molecule has 0 radical (unpaired) electrons. The van der Waals surface area contributed by atoms with Crippen LogP contribution in [0.5, 0.6) is 5.75 Å². The van der Waals surface area contributed by atoms with E-state index in [4.69, 9.17) is 27.9 Å². The Morgan fingerprint density at radius 2 is 2.09 bits per heavy atom. The van der Waals surface area contributed by atoms with E-state index in [0.29, 0.717) is 22.4 Å². The first-order valence-corrected chi connectivity index (χ1v) is 7.40. The largest absolute Gasteiger partial charge is 0.496 e. The first-order chi connectivity index (χ1) is 10.4. The Bertz CT molecular complexity index is 726. The first-order valence-electron chi connectivity index (χ1n) is 6.64. The molecule has 0 saturated carbocycles. The fourth-order valence-corrected chi connectivity index (χ4v) is 2.64. The number of methoxy groups -OCH3 is 1. The van der Waals surface area contributed by atoms with E-state index in [1.807, 2.05) is 13.8 Å². The molecule has 0 fully saturated rings. The number of hydrogen-bond donors (Lipinski definition) is 1. The molecule has 0 aromatic carbocycles. The van der Waals surface area contributed by atoms with Gasteiger partial charge < -0.3 is 14.6 Å². The molecular weight excluding hydrogens is 325 g/mol. The lowest BCUT2D eigenvalue weighted by Crippen LogP contribution is -2.25. The second kappa shape index (κ2) is 6.58. The molecule has 2 heterocycles. The summed E-state index contributed by atoms with van der Waals surface area (Å²) in [5.74, 6) is 0.515. The Labute approximate surface area is 139 Å². The van der Waals surface area contributed by atoms with Crippen molar-refractivity contribution in [3.8, 4) is 5.75 Å². The smallest absolute Gasteiger partial charge is 0.268 e. The summed E-state index contributed by atoms with van der Waals surface area (Å²) < 4.78 is 6.89. The Kier molecular flexibility index (Phi) is 4.98. The lowest BCUT2D eigenvalue weighted by molar-refractivity contribution is 0.0942. The van der Waals surface area contributed by atoms with Crippen LogP contribution < -0.4 is 10.1 Å². The van der Waals surface area contributed by atoms with Crippen molar-refractivity contribution in [1.29, 1.82) is 0 Å². The van der Waals surface area contributed by atoms with Gasteiger partial charge in [0.25, 0.3) is 5.91 Å². The monoisotopic (exact) mass is 341 g/mol. The highest BCUT2D eigenvalue weighted by Gasteiger charge is 2.16. The topological polar surface area (TPSA) is 56.1 Å². The molecule has 22 heavy (non-hydrogen) atoms. The highest BCUT2D eigenvalue weighted by atomic mass is 35.5. The van der Waals surface area contributed by atoms with Gasteiger partial charge in [-0.3, -0.25) is 9.78 Å². The van der Waals surface area contributed by atoms with Gasteiger partial charge in [0.2, 0.25) is 0 Å². The van der Waals surface area contributed by atoms with Crippen molar-refractivity contribution in [2.45, 2.75) is 20.4 Å². The van der Waals surface area contributed by atoms with Gasteiger partial charge in [-0.2, -0.15) is 0 Å². The van der Waals surface area contributed by atoms with Crippen LogP contribution in [0, 0.1) is 13.8 Å². The number of nitrogens with zero attached hydrogens (tertiary/aromatic N) is 2. The molecule has 0 aliphatic carbocycles. The SMILES string of the molecule is COc1c(C)cnc(CNC(=O)c2cc(Cl)c(Cl)n2C)c1C. The Morgan fingerprint density at radius 1 is 1.41 bits per heavy atom. The van der Waals surface area contributed by atoms with Gasteiger partial charge in [0.1, 0.15) is 16.6 Å². The zero-order valence-electron chi connectivity index (χ0n) is 12.8. The highest BCUT2D eigenvalue weighted by molar-refractivity contribution is 6.41. The molecule has 0 spiro atoms. The minimum absolute atomic E-state index is 0.267. The maximum absolute atomic E-state index is 12.2. The van der Waals surface area contributed by atoms with Gasteiger partial charge in [0, 0.05) is 24.4 Å². The zero-order valence-corrected chi connectivity index (χ0v) is 14.3. The average molecular weight is 342 g/mol. The number of halogens is 2. The molecular formula is C15H17Cl2N3O2. The number of amides is 1. The second-order valence-electron chi connectivity index (χ2n) is 4.96. The van der Waals surface area contributed by atoms with Crippen molar-refractivity contribution in [3.05, 3.63) is 45.0 Å². The summed E-state index contributed by atoms with van der Waals surface area (Å²) >= 11 is 11.9. The van der Waals surface area contributed by atoms with Gasteiger partial charge >= 0.3 is 0 Å². The summed E-state index contributed by atoms with van der Waals surface area (Å²) in [5.41, 5.74) is 3.01. The number of ether oxygens (including phenoxy) is 1. The molecule has 2 aromatic rings. The summed E-state index contributed by atoms with van der Waals surface area (Å²) in [6.07, 6.45) is 1.73. The average Bonchev–Trinajstić information content (AvgIpc) is 2.74. The number of hydrogen-bond acceptors (Lipinski definition) is 3. The minimum atomic E-state index is -0.267. The van der Waals surface area contributed by atoms with E-state index in [1.54, 1.807) is 20.4 Å². The third-order valence-electron chi connectivity index (χ3n) is 3.52. The number of aromatic nitrogens is 2. The lowest BCUT2D eigenvalue weighted by Gasteiger charge is -2.13. The molecule has 0 saturated heterocycles. The molecule has 118 valence electrons. The van der Waals surface area contributed by atoms with Gasteiger partial charge in [-0.05, 0) is 19.9 Å². The van der Waals surface area contributed by atoms with Crippen molar-refractivity contribution in [2.75, 3.05) is 7.11 Å². The number of carbonyl (C=O) groups is 1. The molecule has 0 atom stereocenters. The molecule has 0 aliphatic heterocycles. The fraction of sp³-hybridized carbons (Fsp3) is 0.333. The van der Waals surface area contributed by atoms with Crippen LogP contribution in [0.3, 0.4) is 0 Å². The maximum Gasteiger partial charge on any atom is 0.268 e. The van der Waals surface area contributed by atoms with Crippen molar-refractivity contribution in [1.82, 2.24) is 14.9 Å². The Morgan fingerprint density at radius 3 is 2.64 bits per heavy atom. The molecule has 0 bridgehead atoms. The summed E-state index contributed by atoms with van der Waals surface area (Å²) in [5, 5.41) is 3.49. The van der Waals surface area contributed by atoms with Crippen molar-refractivity contribution >= 4 is 29.1 Å². The molecule has 2 rings (SSSR count). The fourth-order valence-electron chi connectivity index (χ4n) is 2.26. The van der Waals surface area contributed by atoms with Crippen LogP contribution in [0.1, 0.15) is 27.3 Å². The van der Waals surface area contributed by atoms with E-state index in [0.717, 1.165) is 22.6 Å². The first kappa shape index (κ1) is 16.6. The second-order valence-corrected chi connectivity index (χ2v) is 5.72. The van der Waals surface area contributed by atoms with Gasteiger partial charge in [0.15, 0.2) is 0 Å². The maximum atomic E-state index is 12.2. The molecule has 2 aromatic heterocycles. The summed E-state index contributed by atoms with van der Waals surface area (Å²) in [4.78, 5) is 16.6. The standard InChI is InChI=1S/C15H17Cl2N3O2/c1-8-6-18-11(9(2)13(8)22-4)7-19-15(21)12-5-10(16)14(17)20(12)3/h5-6H,7H2,1-4H3,(H,19,21). The number of nitrogens with one attached hydrogen (secondary N) is 1. The molecule has 7 heteroatoms. The molecule has 1 N–H and O–H groups in total. The molecule has 1 amide bonds. The quantitative estimate of drug-likeness (QED) is 0.928. The third-order valence-corrected chi connectivity index (χ3v) is 4.36. The highest BCUT2D eigenvalue weighted by Crippen LogP contribution is 2.26. The Hall–Kier alpha value is -1.72. The Balaban J connectivity index is 2.16. The summed E-state index contributed by atoms with van der Waals surface area (Å²) in [6, 6.07) is 1.54. The van der Waals surface area contributed by atoms with E-state index in [2.05, 4.69) is 10.3 Å². The van der Waals surface area contributed by atoms with E-state index in [-0.39, 0.29) is 5.91 Å². The molecule has 5 nitrogen and oxygen atoms in total. The van der Waals surface area contributed by atoms with Crippen molar-refractivity contribution < 1.29 is 9.53 Å². The van der Waals surface area contributed by atoms with Gasteiger partial charge in [-0.15, -0.1) is 0 Å². The van der Waals surface area contributed by atoms with Crippen LogP contribution >= 0.6 is 23.2 Å². The summed E-state index contributed by atoms with van der Waals surface area (Å²) in [6.45, 7) is 4.13. The third kappa shape index (κ3) is 3.05. The van der Waals surface area contributed by atoms with Crippen molar-refractivity contribution in [2.24, 2.45) is 7.05 Å². The van der Waals surface area contributed by atoms with Crippen LogP contribution in [0.15, 0.2) is 12.3 Å². The number of carbonyl (C=O) groups excluding carboxylic acids is 1. The summed E-state index contributed by atoms with van der Waals surface area (Å²) in [7, 11) is 3.30. The van der Waals surface area contributed by atoms with Crippen LogP contribution in [-0.2, 0) is 13.6 Å². The van der Waals surface area contributed by atoms with Crippen LogP contribution in [0.25, 0.3) is 0 Å². The van der Waals surface area contributed by atoms with Crippen LogP contribution in [-0.4, -0.2) is 22.6 Å². The van der Waals surface area contributed by atoms with Gasteiger partial charge in [0.05, 0.1) is 24.4 Å². The normalized spacial score (nSPS) is 10.6. The number of aryl methyl sites for hydroxylation is 1. The number of pyridine rings is 1. The van der Waals surface area contributed by atoms with Crippen molar-refractivity contribution in [3.63, 3.8) is 0 Å². The van der Waals surface area contributed by atoms with Crippen LogP contribution in [0.2, 0.25) is 10.2 Å². The predicted octanol–water partition coefficient (Wildman–Crippen LogP) is 3.28. The zero-order chi connectivity index (χ0) is 16.4. The van der Waals surface area contributed by atoms with E-state index in [9.17, 15) is 4.79 Å². The van der Waals surface area contributed by atoms with E-state index >= 15 is 0 Å². The molecule has 0 unspecified atom stereocenters. The van der Waals surface area contributed by atoms with Gasteiger partial charge in [-0.1, -0.05) is 23.2 Å². The van der Waals surface area contributed by atoms with Gasteiger partial charge in [-0.25, -0.2) is 0 Å². The minimum Gasteiger partial charge on any atom is -0.496 e. The van der Waals surface area contributed by atoms with E-state index in [1.165, 1.54) is 10.6 Å². The van der Waals surface area contributed by atoms with E-state index < -0.39 is 0 Å². The number of rotatable bonds is 4. The van der Waals surface area contributed by atoms with Crippen LogP contribution in [0.4, 0.5) is 0 Å². The molecule has 0 aliphatic rings.